The van der Waals surface area contributed by atoms with Crippen molar-refractivity contribution < 1.29 is 24.3 Å². The van der Waals surface area contributed by atoms with Crippen molar-refractivity contribution in [1.29, 1.82) is 0 Å². The molecule has 0 aliphatic carbocycles. The molecule has 0 saturated heterocycles. The number of rotatable bonds is 9. The van der Waals surface area contributed by atoms with Gasteiger partial charge in [-0.1, -0.05) is 30.3 Å². The topological polar surface area (TPSA) is 70.9 Å². The lowest BCUT2D eigenvalue weighted by Crippen LogP contribution is -3.10. The van der Waals surface area contributed by atoms with Gasteiger partial charge < -0.3 is 19.5 Å². The van der Waals surface area contributed by atoms with Crippen LogP contribution in [0.4, 0.5) is 0 Å². The van der Waals surface area contributed by atoms with Crippen LogP contribution in [0.15, 0.2) is 48.5 Å². The zero-order chi connectivity index (χ0) is 19.8. The van der Waals surface area contributed by atoms with E-state index in [4.69, 9.17) is 4.74 Å². The Bertz CT molecular complexity index is 821. The van der Waals surface area contributed by atoms with E-state index in [-0.39, 0.29) is 11.3 Å². The zero-order valence-electron chi connectivity index (χ0n) is 16.0. The summed E-state index contributed by atoms with van der Waals surface area (Å²) in [4.78, 5) is 24.7. The first-order chi connectivity index (χ1) is 13.0. The first-order valence-electron chi connectivity index (χ1n) is 9.02. The van der Waals surface area contributed by atoms with E-state index < -0.39 is 5.97 Å². The van der Waals surface area contributed by atoms with Crippen molar-refractivity contribution in [2.45, 2.75) is 20.4 Å². The molecule has 5 nitrogen and oxygen atoms in total. The van der Waals surface area contributed by atoms with E-state index in [1.807, 2.05) is 12.1 Å². The van der Waals surface area contributed by atoms with E-state index in [0.29, 0.717) is 5.56 Å². The van der Waals surface area contributed by atoms with E-state index in [1.165, 1.54) is 23.1 Å². The predicted molar refractivity (Wildman–Crippen MR) is 103 cm³/mol. The molecule has 0 bridgehead atoms. The lowest BCUT2D eigenvalue weighted by molar-refractivity contribution is -0.910. The number of allylic oxidation sites excluding steroid dienone is 1. The van der Waals surface area contributed by atoms with Crippen LogP contribution >= 0.6 is 0 Å². The van der Waals surface area contributed by atoms with E-state index in [2.05, 4.69) is 13.8 Å². The first kappa shape index (κ1) is 20.4. The van der Waals surface area contributed by atoms with Gasteiger partial charge in [0.15, 0.2) is 5.78 Å². The number of hydrogen-bond acceptors (Lipinski definition) is 4. The molecule has 0 heterocycles. The van der Waals surface area contributed by atoms with Crippen LogP contribution in [0, 0.1) is 0 Å². The van der Waals surface area contributed by atoms with Crippen LogP contribution in [0.1, 0.15) is 45.7 Å². The van der Waals surface area contributed by atoms with Gasteiger partial charge in [0.2, 0.25) is 0 Å². The van der Waals surface area contributed by atoms with Crippen molar-refractivity contribution in [3.05, 3.63) is 70.8 Å². The summed E-state index contributed by atoms with van der Waals surface area (Å²) in [6, 6.07) is 11.7. The van der Waals surface area contributed by atoms with Crippen molar-refractivity contribution in [3.8, 4) is 5.75 Å². The Balaban J connectivity index is 2.18. The highest BCUT2D eigenvalue weighted by molar-refractivity contribution is 6.07. The van der Waals surface area contributed by atoms with Gasteiger partial charge in [-0.05, 0) is 49.2 Å². The summed E-state index contributed by atoms with van der Waals surface area (Å²) >= 11 is 0. The standard InChI is InChI=1S/C22H25NO4/c1-4-23(5-2)15-19-14-18(11-13-21(19)27-3)20(24)12-8-16-6-9-17(10-7-16)22(25)26/h6-14H,4-5,15H2,1-3H3,(H,25,26)/b12-8+. The van der Waals surface area contributed by atoms with Crippen molar-refractivity contribution in [2.75, 3.05) is 20.2 Å². The second-order valence-electron chi connectivity index (χ2n) is 6.27. The number of benzene rings is 2. The van der Waals surface area contributed by atoms with Gasteiger partial charge in [-0.3, -0.25) is 4.79 Å². The van der Waals surface area contributed by atoms with E-state index >= 15 is 0 Å². The predicted octanol–water partition coefficient (Wildman–Crippen LogP) is 1.38. The molecule has 0 radical (unpaired) electrons. The van der Waals surface area contributed by atoms with Crippen LogP contribution < -0.4 is 14.7 Å². The van der Waals surface area contributed by atoms with Gasteiger partial charge in [0.05, 0.1) is 26.2 Å². The summed E-state index contributed by atoms with van der Waals surface area (Å²) in [6.45, 7) is 7.06. The number of ether oxygens (including phenoxy) is 1. The lowest BCUT2D eigenvalue weighted by Gasteiger charge is -2.17. The molecule has 0 amide bonds. The minimum atomic E-state index is -1.22. The number of hydrogen-bond donors (Lipinski definition) is 1. The fraction of sp³-hybridized carbons (Fsp3) is 0.273. The molecule has 0 aliphatic heterocycles. The van der Waals surface area contributed by atoms with Gasteiger partial charge in [0.1, 0.15) is 12.3 Å². The van der Waals surface area contributed by atoms with E-state index in [9.17, 15) is 14.7 Å². The lowest BCUT2D eigenvalue weighted by atomic mass is 10.0. The van der Waals surface area contributed by atoms with Crippen LogP contribution in [-0.2, 0) is 6.54 Å². The summed E-state index contributed by atoms with van der Waals surface area (Å²) in [5.41, 5.74) is 2.46. The van der Waals surface area contributed by atoms with Gasteiger partial charge in [0, 0.05) is 11.1 Å². The minimum absolute atomic E-state index is 0.108. The van der Waals surface area contributed by atoms with Gasteiger partial charge in [-0.15, -0.1) is 0 Å². The number of nitrogens with one attached hydrogen (secondary N) is 1. The van der Waals surface area contributed by atoms with Crippen LogP contribution in [0.25, 0.3) is 6.08 Å². The molecule has 2 aromatic carbocycles. The van der Waals surface area contributed by atoms with Gasteiger partial charge >= 0.3 is 0 Å². The van der Waals surface area contributed by atoms with Crippen molar-refractivity contribution in [1.82, 2.24) is 0 Å². The molecule has 0 spiro atoms. The van der Waals surface area contributed by atoms with E-state index in [0.717, 1.165) is 36.5 Å². The molecule has 1 N–H and O–H groups in total. The van der Waals surface area contributed by atoms with Crippen LogP contribution in [0.2, 0.25) is 0 Å². The summed E-state index contributed by atoms with van der Waals surface area (Å²) in [5.74, 6) is -0.548. The molecule has 27 heavy (non-hydrogen) atoms. The Labute approximate surface area is 159 Å². The molecular weight excluding hydrogens is 342 g/mol. The van der Waals surface area contributed by atoms with Crippen LogP contribution in [0.5, 0.6) is 5.75 Å². The molecule has 2 aromatic rings. The molecule has 142 valence electrons. The molecular formula is C22H25NO4. The van der Waals surface area contributed by atoms with Crippen molar-refractivity contribution >= 4 is 17.8 Å². The average Bonchev–Trinajstić information content (AvgIpc) is 2.70. The maximum atomic E-state index is 12.5. The number of methoxy groups -OCH3 is 1. The first-order valence-corrected chi connectivity index (χ1v) is 9.02. The maximum absolute atomic E-state index is 12.5. The number of carboxylic acids is 1. The van der Waals surface area contributed by atoms with Crippen LogP contribution in [0.3, 0.4) is 0 Å². The number of carbonyl (C=O) groups is 2. The summed E-state index contributed by atoms with van der Waals surface area (Å²) in [7, 11) is 1.63. The maximum Gasteiger partial charge on any atom is 0.185 e. The highest BCUT2D eigenvalue weighted by Gasteiger charge is 2.13. The molecule has 0 saturated carbocycles. The monoisotopic (exact) mass is 367 g/mol. The second kappa shape index (κ2) is 9.69. The summed E-state index contributed by atoms with van der Waals surface area (Å²) in [6.07, 6.45) is 3.16. The Morgan fingerprint density at radius 2 is 1.67 bits per heavy atom. The smallest absolute Gasteiger partial charge is 0.185 e. The highest BCUT2D eigenvalue weighted by atomic mass is 16.5. The summed E-state index contributed by atoms with van der Waals surface area (Å²) < 4.78 is 5.43. The van der Waals surface area contributed by atoms with Gasteiger partial charge in [-0.2, -0.15) is 0 Å². The third kappa shape index (κ3) is 5.53. The number of ketones is 1. The highest BCUT2D eigenvalue weighted by Crippen LogP contribution is 2.20. The van der Waals surface area contributed by atoms with Crippen molar-refractivity contribution in [2.24, 2.45) is 0 Å². The largest absolute Gasteiger partial charge is 0.545 e. The molecule has 0 aromatic heterocycles. The van der Waals surface area contributed by atoms with Gasteiger partial charge in [0.25, 0.3) is 0 Å². The fourth-order valence-corrected chi connectivity index (χ4v) is 2.84. The summed E-state index contributed by atoms with van der Waals surface area (Å²) in [5, 5.41) is 10.8. The number of aromatic carboxylic acids is 1. The molecule has 0 aliphatic rings. The number of quaternary nitrogens is 1. The normalized spacial score (nSPS) is 11.1. The molecule has 0 fully saturated rings. The second-order valence-corrected chi connectivity index (χ2v) is 6.27. The van der Waals surface area contributed by atoms with E-state index in [1.54, 1.807) is 31.4 Å². The Morgan fingerprint density at radius 1 is 1.04 bits per heavy atom. The Morgan fingerprint density at radius 3 is 2.22 bits per heavy atom. The molecule has 5 heteroatoms. The zero-order valence-corrected chi connectivity index (χ0v) is 16.0. The van der Waals surface area contributed by atoms with Crippen LogP contribution in [-0.4, -0.2) is 32.0 Å². The third-order valence-electron chi connectivity index (χ3n) is 4.58. The Kier molecular flexibility index (Phi) is 7.32. The van der Waals surface area contributed by atoms with Crippen molar-refractivity contribution in [3.63, 3.8) is 0 Å². The Hall–Kier alpha value is -2.92. The molecule has 0 atom stereocenters. The number of carbonyl (C=O) groups excluding carboxylic acids is 2. The molecule has 0 unspecified atom stereocenters. The number of carboxylic acid groups (broad SMARTS) is 1. The molecule has 2 rings (SSSR count). The third-order valence-corrected chi connectivity index (χ3v) is 4.58. The minimum Gasteiger partial charge on any atom is -0.545 e. The fourth-order valence-electron chi connectivity index (χ4n) is 2.84. The average molecular weight is 367 g/mol. The SMILES string of the molecule is CC[NH+](CC)Cc1cc(C(=O)/C=C/c2ccc(C(=O)[O-])cc2)ccc1OC. The van der Waals surface area contributed by atoms with Gasteiger partial charge in [-0.25, -0.2) is 0 Å². The quantitative estimate of drug-likeness (QED) is 0.537.